The van der Waals surface area contributed by atoms with Gasteiger partial charge in [-0.15, -0.1) is 0 Å². The number of nitrogens with zero attached hydrogens (tertiary/aromatic N) is 2. The second-order valence-corrected chi connectivity index (χ2v) is 6.42. The lowest BCUT2D eigenvalue weighted by Crippen LogP contribution is -2.30. The van der Waals surface area contributed by atoms with E-state index >= 15 is 0 Å². The molecule has 1 heterocycles. The summed E-state index contributed by atoms with van der Waals surface area (Å²) in [4.78, 5) is 26.0. The van der Waals surface area contributed by atoms with Crippen molar-refractivity contribution in [1.82, 2.24) is 5.43 Å². The predicted molar refractivity (Wildman–Crippen MR) is 101 cm³/mol. The van der Waals surface area contributed by atoms with Gasteiger partial charge in [0, 0.05) is 24.2 Å². The number of carbonyl (C=O) groups excluding carboxylic acids is 2. The molecular formula is C20H18F3N3O3. The molecule has 0 radical (unpaired) electrons. The van der Waals surface area contributed by atoms with Crippen molar-refractivity contribution < 1.29 is 27.5 Å². The highest BCUT2D eigenvalue weighted by atomic mass is 19.4. The van der Waals surface area contributed by atoms with Crippen molar-refractivity contribution in [2.45, 2.75) is 12.6 Å². The second-order valence-electron chi connectivity index (χ2n) is 6.42. The summed E-state index contributed by atoms with van der Waals surface area (Å²) in [7, 11) is 1.53. The van der Waals surface area contributed by atoms with Crippen LogP contribution in [0.25, 0.3) is 0 Å². The van der Waals surface area contributed by atoms with E-state index < -0.39 is 23.6 Å². The SMILES string of the molecule is COc1ccc(N2C[C@@H](C(=O)N/N=C/c3ccccc3C(F)(F)F)CC2=O)cc1. The molecule has 2 aromatic carbocycles. The molecule has 152 valence electrons. The number of anilines is 1. The summed E-state index contributed by atoms with van der Waals surface area (Å²) in [5.74, 6) is -0.764. The minimum Gasteiger partial charge on any atom is -0.497 e. The Morgan fingerprint density at radius 1 is 1.21 bits per heavy atom. The van der Waals surface area contributed by atoms with E-state index in [1.807, 2.05) is 0 Å². The van der Waals surface area contributed by atoms with Gasteiger partial charge in [0.1, 0.15) is 5.75 Å². The van der Waals surface area contributed by atoms with Crippen LogP contribution in [0.1, 0.15) is 17.5 Å². The highest BCUT2D eigenvalue weighted by molar-refractivity contribution is 6.00. The molecule has 0 aromatic heterocycles. The van der Waals surface area contributed by atoms with E-state index in [1.54, 1.807) is 24.3 Å². The van der Waals surface area contributed by atoms with Crippen LogP contribution in [-0.2, 0) is 15.8 Å². The molecule has 1 atom stereocenters. The van der Waals surface area contributed by atoms with Crippen molar-refractivity contribution in [2.75, 3.05) is 18.6 Å². The maximum Gasteiger partial charge on any atom is 0.417 e. The summed E-state index contributed by atoms with van der Waals surface area (Å²) in [6, 6.07) is 11.7. The Morgan fingerprint density at radius 3 is 2.55 bits per heavy atom. The van der Waals surface area contributed by atoms with Gasteiger partial charge < -0.3 is 9.64 Å². The zero-order valence-corrected chi connectivity index (χ0v) is 15.4. The summed E-state index contributed by atoms with van der Waals surface area (Å²) >= 11 is 0. The van der Waals surface area contributed by atoms with Gasteiger partial charge in [0.05, 0.1) is 24.8 Å². The molecule has 0 bridgehead atoms. The van der Waals surface area contributed by atoms with Crippen LogP contribution in [0.3, 0.4) is 0 Å². The van der Waals surface area contributed by atoms with Crippen molar-refractivity contribution in [3.8, 4) is 5.75 Å². The van der Waals surface area contributed by atoms with E-state index in [1.165, 1.54) is 30.2 Å². The van der Waals surface area contributed by atoms with Crippen LogP contribution in [0.2, 0.25) is 0 Å². The molecule has 6 nitrogen and oxygen atoms in total. The normalized spacial score (nSPS) is 17.0. The average Bonchev–Trinajstić information content (AvgIpc) is 3.09. The first-order chi connectivity index (χ1) is 13.8. The van der Waals surface area contributed by atoms with E-state index in [0.29, 0.717) is 11.4 Å². The maximum atomic E-state index is 13.0. The van der Waals surface area contributed by atoms with E-state index in [0.717, 1.165) is 12.3 Å². The molecule has 2 amide bonds. The van der Waals surface area contributed by atoms with Crippen molar-refractivity contribution in [2.24, 2.45) is 11.0 Å². The smallest absolute Gasteiger partial charge is 0.417 e. The molecule has 1 aliphatic rings. The molecule has 9 heteroatoms. The summed E-state index contributed by atoms with van der Waals surface area (Å²) in [6.45, 7) is 0.158. The van der Waals surface area contributed by atoms with Gasteiger partial charge in [0.25, 0.3) is 0 Å². The largest absolute Gasteiger partial charge is 0.497 e. The number of hydrogen-bond acceptors (Lipinski definition) is 4. The molecule has 1 aliphatic heterocycles. The Labute approximate surface area is 165 Å². The number of rotatable bonds is 5. The molecule has 0 aliphatic carbocycles. The minimum atomic E-state index is -4.52. The van der Waals surface area contributed by atoms with Gasteiger partial charge in [-0.3, -0.25) is 9.59 Å². The monoisotopic (exact) mass is 405 g/mol. The van der Waals surface area contributed by atoms with Gasteiger partial charge in [0.2, 0.25) is 11.8 Å². The standard InChI is InChI=1S/C20H18F3N3O3/c1-29-16-8-6-15(7-9-16)26-12-14(10-18(26)27)19(28)25-24-11-13-4-2-3-5-17(13)20(21,22)23/h2-9,11,14H,10,12H2,1H3,(H,25,28)/b24-11+/t14-/m0/s1. The topological polar surface area (TPSA) is 71.0 Å². The van der Waals surface area contributed by atoms with Gasteiger partial charge in [-0.05, 0) is 30.3 Å². The zero-order chi connectivity index (χ0) is 21.0. The molecule has 29 heavy (non-hydrogen) atoms. The van der Waals surface area contributed by atoms with Crippen LogP contribution >= 0.6 is 0 Å². The molecule has 0 saturated carbocycles. The number of carbonyl (C=O) groups is 2. The minimum absolute atomic E-state index is 0.00742. The Balaban J connectivity index is 1.63. The van der Waals surface area contributed by atoms with Gasteiger partial charge in [-0.2, -0.15) is 18.3 Å². The highest BCUT2D eigenvalue weighted by Crippen LogP contribution is 2.31. The Morgan fingerprint density at radius 2 is 1.90 bits per heavy atom. The quantitative estimate of drug-likeness (QED) is 0.613. The lowest BCUT2D eigenvalue weighted by molar-refractivity contribution is -0.137. The fourth-order valence-electron chi connectivity index (χ4n) is 3.02. The first-order valence-corrected chi connectivity index (χ1v) is 8.73. The van der Waals surface area contributed by atoms with Gasteiger partial charge in [-0.1, -0.05) is 18.2 Å². The lowest BCUT2D eigenvalue weighted by atomic mass is 10.1. The summed E-state index contributed by atoms with van der Waals surface area (Å²) in [6.07, 6.45) is -3.59. The lowest BCUT2D eigenvalue weighted by Gasteiger charge is -2.16. The average molecular weight is 405 g/mol. The van der Waals surface area contributed by atoms with Crippen LogP contribution in [0, 0.1) is 5.92 Å². The Hall–Kier alpha value is -3.36. The number of hydrogen-bond donors (Lipinski definition) is 1. The highest BCUT2D eigenvalue weighted by Gasteiger charge is 2.35. The van der Waals surface area contributed by atoms with Crippen molar-refractivity contribution in [3.05, 3.63) is 59.7 Å². The number of amides is 2. The van der Waals surface area contributed by atoms with E-state index in [9.17, 15) is 22.8 Å². The fourth-order valence-corrected chi connectivity index (χ4v) is 3.02. The van der Waals surface area contributed by atoms with E-state index in [4.69, 9.17) is 4.74 Å². The van der Waals surface area contributed by atoms with Crippen LogP contribution < -0.4 is 15.1 Å². The van der Waals surface area contributed by atoms with Gasteiger partial charge in [0.15, 0.2) is 0 Å². The first kappa shape index (κ1) is 20.4. The molecule has 0 unspecified atom stereocenters. The van der Waals surface area contributed by atoms with Crippen LogP contribution in [0.5, 0.6) is 5.75 Å². The van der Waals surface area contributed by atoms with Crippen LogP contribution in [0.4, 0.5) is 18.9 Å². The summed E-state index contributed by atoms with van der Waals surface area (Å²) in [5, 5.41) is 3.63. The van der Waals surface area contributed by atoms with Crippen molar-refractivity contribution >= 4 is 23.7 Å². The third-order valence-corrected chi connectivity index (χ3v) is 4.52. The fraction of sp³-hybridized carbons (Fsp3) is 0.250. The summed E-state index contributed by atoms with van der Waals surface area (Å²) in [5.41, 5.74) is 1.85. The van der Waals surface area contributed by atoms with E-state index in [2.05, 4.69) is 10.5 Å². The first-order valence-electron chi connectivity index (χ1n) is 8.73. The number of nitrogens with one attached hydrogen (secondary N) is 1. The number of methoxy groups -OCH3 is 1. The van der Waals surface area contributed by atoms with Crippen LogP contribution in [0.15, 0.2) is 53.6 Å². The molecule has 3 rings (SSSR count). The molecule has 2 aromatic rings. The summed E-state index contributed by atoms with van der Waals surface area (Å²) < 4.78 is 44.0. The second kappa shape index (κ2) is 8.34. The maximum absolute atomic E-state index is 13.0. The molecule has 1 saturated heterocycles. The van der Waals surface area contributed by atoms with E-state index in [-0.39, 0.29) is 24.4 Å². The number of ether oxygens (including phenoxy) is 1. The Kier molecular flexibility index (Phi) is 5.86. The van der Waals surface area contributed by atoms with Crippen LogP contribution in [-0.4, -0.2) is 31.7 Å². The zero-order valence-electron chi connectivity index (χ0n) is 15.4. The number of alkyl halides is 3. The van der Waals surface area contributed by atoms with Gasteiger partial charge in [-0.25, -0.2) is 5.43 Å². The predicted octanol–water partition coefficient (Wildman–Crippen LogP) is 3.22. The Bertz CT molecular complexity index is 927. The number of halogens is 3. The molecule has 1 N–H and O–H groups in total. The third-order valence-electron chi connectivity index (χ3n) is 4.52. The molecular weight excluding hydrogens is 387 g/mol. The number of hydrazone groups is 1. The molecule has 0 spiro atoms. The van der Waals surface area contributed by atoms with Crippen molar-refractivity contribution in [1.29, 1.82) is 0 Å². The van der Waals surface area contributed by atoms with Crippen molar-refractivity contribution in [3.63, 3.8) is 0 Å². The van der Waals surface area contributed by atoms with Gasteiger partial charge >= 0.3 is 6.18 Å². The number of benzene rings is 2. The third kappa shape index (κ3) is 4.74. The molecule has 1 fully saturated rings.